The lowest BCUT2D eigenvalue weighted by molar-refractivity contribution is 0.299. The van der Waals surface area contributed by atoms with Gasteiger partial charge in [-0.15, -0.1) is 0 Å². The number of hydrogen-bond acceptors (Lipinski definition) is 3. The van der Waals surface area contributed by atoms with Gasteiger partial charge in [0.25, 0.3) is 5.56 Å². The number of aryl methyl sites for hydroxylation is 1. The van der Waals surface area contributed by atoms with E-state index in [0.29, 0.717) is 12.0 Å². The molecule has 2 rings (SSSR count). The van der Waals surface area contributed by atoms with Gasteiger partial charge in [0.1, 0.15) is 11.6 Å². The minimum Gasteiger partial charge on any atom is -0.396 e. The van der Waals surface area contributed by atoms with Gasteiger partial charge in [-0.25, -0.2) is 0 Å². The van der Waals surface area contributed by atoms with Crippen LogP contribution in [0, 0.1) is 18.3 Å². The van der Waals surface area contributed by atoms with Gasteiger partial charge in [-0.3, -0.25) is 4.79 Å². The van der Waals surface area contributed by atoms with E-state index in [1.165, 1.54) is 0 Å². The molecular formula is C15H14N2O2. The largest absolute Gasteiger partial charge is 0.396 e. The highest BCUT2D eigenvalue weighted by Gasteiger charge is 2.09. The Labute approximate surface area is 111 Å². The van der Waals surface area contributed by atoms with E-state index in [1.807, 2.05) is 30.3 Å². The van der Waals surface area contributed by atoms with Crippen LogP contribution in [0.25, 0.3) is 11.1 Å². The van der Waals surface area contributed by atoms with Crippen molar-refractivity contribution in [3.8, 4) is 17.2 Å². The average molecular weight is 254 g/mol. The number of pyridine rings is 1. The molecule has 0 spiro atoms. The highest BCUT2D eigenvalue weighted by Crippen LogP contribution is 2.22. The molecule has 0 aliphatic rings. The van der Waals surface area contributed by atoms with Crippen LogP contribution in [0.3, 0.4) is 0 Å². The fourth-order valence-electron chi connectivity index (χ4n) is 2.01. The van der Waals surface area contributed by atoms with Crippen molar-refractivity contribution in [3.63, 3.8) is 0 Å². The van der Waals surface area contributed by atoms with Gasteiger partial charge in [0.15, 0.2) is 0 Å². The lowest BCUT2D eigenvalue weighted by Gasteiger charge is -2.06. The third-order valence-electron chi connectivity index (χ3n) is 2.95. The quantitative estimate of drug-likeness (QED) is 0.876. The molecule has 4 heteroatoms. The predicted octanol–water partition coefficient (Wildman–Crippen LogP) is 1.76. The molecular weight excluding hydrogens is 240 g/mol. The Hall–Kier alpha value is -2.38. The van der Waals surface area contributed by atoms with E-state index < -0.39 is 0 Å². The Kier molecular flexibility index (Phi) is 3.79. The van der Waals surface area contributed by atoms with Crippen molar-refractivity contribution in [2.75, 3.05) is 6.61 Å². The second kappa shape index (κ2) is 5.51. The van der Waals surface area contributed by atoms with Crippen molar-refractivity contribution in [2.24, 2.45) is 0 Å². The van der Waals surface area contributed by atoms with Crippen LogP contribution in [-0.2, 0) is 6.42 Å². The first kappa shape index (κ1) is 13.1. The number of aliphatic hydroxyl groups is 1. The molecule has 96 valence electrons. The maximum absolute atomic E-state index is 11.7. The second-order valence-corrected chi connectivity index (χ2v) is 4.35. The Bertz CT molecular complexity index is 679. The summed E-state index contributed by atoms with van der Waals surface area (Å²) >= 11 is 0. The van der Waals surface area contributed by atoms with Crippen molar-refractivity contribution >= 4 is 0 Å². The first-order valence-electron chi connectivity index (χ1n) is 6.00. The van der Waals surface area contributed by atoms with E-state index in [2.05, 4.69) is 4.98 Å². The molecule has 0 fully saturated rings. The molecule has 0 bridgehead atoms. The first-order chi connectivity index (χ1) is 9.15. The Morgan fingerprint density at radius 2 is 2.00 bits per heavy atom. The molecule has 0 aliphatic carbocycles. The zero-order valence-electron chi connectivity index (χ0n) is 10.6. The highest BCUT2D eigenvalue weighted by molar-refractivity contribution is 5.70. The molecule has 1 aromatic carbocycles. The molecule has 2 aromatic rings. The van der Waals surface area contributed by atoms with Crippen LogP contribution in [0.4, 0.5) is 0 Å². The van der Waals surface area contributed by atoms with E-state index in [0.717, 1.165) is 16.8 Å². The molecule has 0 saturated heterocycles. The Morgan fingerprint density at radius 3 is 2.58 bits per heavy atom. The van der Waals surface area contributed by atoms with Gasteiger partial charge >= 0.3 is 0 Å². The third-order valence-corrected chi connectivity index (χ3v) is 2.95. The van der Waals surface area contributed by atoms with Gasteiger partial charge in [-0.05, 0) is 30.5 Å². The average Bonchev–Trinajstić information content (AvgIpc) is 2.39. The number of rotatable bonds is 3. The minimum absolute atomic E-state index is 0.104. The second-order valence-electron chi connectivity index (χ2n) is 4.35. The summed E-state index contributed by atoms with van der Waals surface area (Å²) in [6.45, 7) is 1.89. The fraction of sp³-hybridized carbons (Fsp3) is 0.200. The third kappa shape index (κ3) is 2.72. The number of H-pyrrole nitrogens is 1. The summed E-state index contributed by atoms with van der Waals surface area (Å²) in [5.41, 5.74) is 2.97. The molecule has 1 heterocycles. The number of nitriles is 1. The molecule has 0 atom stereocenters. The number of aromatic nitrogens is 1. The molecule has 0 unspecified atom stereocenters. The molecule has 2 N–H and O–H groups in total. The van der Waals surface area contributed by atoms with Gasteiger partial charge in [0.2, 0.25) is 0 Å². The highest BCUT2D eigenvalue weighted by atomic mass is 16.2. The molecule has 0 saturated carbocycles. The molecule has 19 heavy (non-hydrogen) atoms. The standard InChI is InChI=1S/C15H14N2O2/c1-10-8-13(14(9-16)15(19)17-10)12-4-2-11(3-5-12)6-7-18/h2-5,8,18H,6-7H2,1H3,(H,17,19). The van der Waals surface area contributed by atoms with Crippen LogP contribution in [-0.4, -0.2) is 16.7 Å². The van der Waals surface area contributed by atoms with Crippen LogP contribution in [0.1, 0.15) is 16.8 Å². The predicted molar refractivity (Wildman–Crippen MR) is 72.7 cm³/mol. The number of nitrogens with zero attached hydrogens (tertiary/aromatic N) is 1. The number of benzene rings is 1. The van der Waals surface area contributed by atoms with Crippen molar-refractivity contribution in [1.82, 2.24) is 4.98 Å². The van der Waals surface area contributed by atoms with Gasteiger partial charge < -0.3 is 10.1 Å². The van der Waals surface area contributed by atoms with Crippen molar-refractivity contribution in [1.29, 1.82) is 5.26 Å². The maximum Gasteiger partial charge on any atom is 0.266 e. The number of hydrogen-bond donors (Lipinski definition) is 2. The molecule has 4 nitrogen and oxygen atoms in total. The van der Waals surface area contributed by atoms with Crippen LogP contribution in [0.2, 0.25) is 0 Å². The zero-order valence-corrected chi connectivity index (χ0v) is 10.6. The number of aromatic amines is 1. The summed E-state index contributed by atoms with van der Waals surface area (Å²) in [7, 11) is 0. The summed E-state index contributed by atoms with van der Waals surface area (Å²) in [4.78, 5) is 14.3. The monoisotopic (exact) mass is 254 g/mol. The summed E-state index contributed by atoms with van der Waals surface area (Å²) in [5, 5.41) is 18.0. The first-order valence-corrected chi connectivity index (χ1v) is 6.00. The number of nitrogens with one attached hydrogen (secondary N) is 1. The summed E-state index contributed by atoms with van der Waals surface area (Å²) < 4.78 is 0. The lowest BCUT2D eigenvalue weighted by atomic mass is 9.99. The lowest BCUT2D eigenvalue weighted by Crippen LogP contribution is -2.12. The molecule has 0 amide bonds. The van der Waals surface area contributed by atoms with Gasteiger partial charge in [0.05, 0.1) is 0 Å². The smallest absolute Gasteiger partial charge is 0.266 e. The van der Waals surface area contributed by atoms with E-state index >= 15 is 0 Å². The van der Waals surface area contributed by atoms with Crippen molar-refractivity contribution in [3.05, 3.63) is 57.5 Å². The summed E-state index contributed by atoms with van der Waals surface area (Å²) in [6.07, 6.45) is 0.597. The summed E-state index contributed by atoms with van der Waals surface area (Å²) in [6, 6.07) is 11.2. The minimum atomic E-state index is -0.364. The zero-order chi connectivity index (χ0) is 13.8. The van der Waals surface area contributed by atoms with E-state index in [1.54, 1.807) is 13.0 Å². The topological polar surface area (TPSA) is 76.9 Å². The van der Waals surface area contributed by atoms with Crippen LogP contribution < -0.4 is 5.56 Å². The van der Waals surface area contributed by atoms with Gasteiger partial charge in [-0.2, -0.15) is 5.26 Å². The van der Waals surface area contributed by atoms with Crippen LogP contribution >= 0.6 is 0 Å². The summed E-state index contributed by atoms with van der Waals surface area (Å²) in [5.74, 6) is 0. The maximum atomic E-state index is 11.7. The molecule has 0 aliphatic heterocycles. The van der Waals surface area contributed by atoms with E-state index in [-0.39, 0.29) is 17.7 Å². The normalized spacial score (nSPS) is 10.2. The fourth-order valence-corrected chi connectivity index (χ4v) is 2.01. The Morgan fingerprint density at radius 1 is 1.32 bits per heavy atom. The molecule has 1 aromatic heterocycles. The van der Waals surface area contributed by atoms with Crippen LogP contribution in [0.15, 0.2) is 35.1 Å². The SMILES string of the molecule is Cc1cc(-c2ccc(CCO)cc2)c(C#N)c(=O)[nH]1. The van der Waals surface area contributed by atoms with Gasteiger partial charge in [0, 0.05) is 17.9 Å². The molecule has 0 radical (unpaired) electrons. The Balaban J connectivity index is 2.53. The van der Waals surface area contributed by atoms with Gasteiger partial charge in [-0.1, -0.05) is 24.3 Å². The van der Waals surface area contributed by atoms with Crippen molar-refractivity contribution in [2.45, 2.75) is 13.3 Å². The van der Waals surface area contributed by atoms with E-state index in [4.69, 9.17) is 10.4 Å². The van der Waals surface area contributed by atoms with Crippen molar-refractivity contribution < 1.29 is 5.11 Å². The van der Waals surface area contributed by atoms with Crippen LogP contribution in [0.5, 0.6) is 0 Å². The number of aliphatic hydroxyl groups excluding tert-OH is 1. The van der Waals surface area contributed by atoms with E-state index in [9.17, 15) is 4.79 Å².